The Labute approximate surface area is 425 Å². The van der Waals surface area contributed by atoms with Gasteiger partial charge in [0.1, 0.15) is 12.1 Å². The maximum atomic E-state index is 14.0. The van der Waals surface area contributed by atoms with E-state index in [0.29, 0.717) is 131 Å². The summed E-state index contributed by atoms with van der Waals surface area (Å²) < 4.78 is 59.3. The van der Waals surface area contributed by atoms with Gasteiger partial charge in [-0.05, 0) is 98.2 Å². The molecule has 2 aliphatic rings. The monoisotopic (exact) mass is 1000 g/mol. The van der Waals surface area contributed by atoms with Crippen molar-refractivity contribution in [2.75, 3.05) is 111 Å². The summed E-state index contributed by atoms with van der Waals surface area (Å²) in [5, 5.41) is 20.9. The van der Waals surface area contributed by atoms with Crippen molar-refractivity contribution in [1.82, 2.24) is 0 Å². The van der Waals surface area contributed by atoms with Crippen LogP contribution in [-0.2, 0) is 22.4 Å². The van der Waals surface area contributed by atoms with Gasteiger partial charge in [-0.1, -0.05) is 12.8 Å². The Balaban J connectivity index is 1.36. The maximum absolute atomic E-state index is 14.0. The molecule has 4 atom stereocenters. The van der Waals surface area contributed by atoms with Crippen molar-refractivity contribution in [3.05, 3.63) is 81.9 Å². The molecule has 0 unspecified atom stereocenters. The lowest BCUT2D eigenvalue weighted by atomic mass is 9.74. The highest BCUT2D eigenvalue weighted by atomic mass is 16.5. The molecule has 6 rings (SSSR count). The molecule has 2 aliphatic heterocycles. The second-order valence-corrected chi connectivity index (χ2v) is 19.6. The van der Waals surface area contributed by atoms with E-state index in [1.165, 1.54) is 0 Å². The highest BCUT2D eigenvalue weighted by Gasteiger charge is 2.46. The zero-order chi connectivity index (χ0) is 52.4. The molecule has 16 heteroatoms. The Morgan fingerprint density at radius 2 is 0.819 bits per heavy atom. The van der Waals surface area contributed by atoms with E-state index in [1.54, 1.807) is 71.1 Å². The molecule has 0 aromatic heterocycles. The van der Waals surface area contributed by atoms with Gasteiger partial charge in [0, 0.05) is 41.5 Å². The van der Waals surface area contributed by atoms with Crippen LogP contribution in [0.2, 0.25) is 0 Å². The molecule has 2 heterocycles. The fraction of sp³-hybridized carbons (Fsp3) is 0.536. The molecule has 0 aliphatic carbocycles. The van der Waals surface area contributed by atoms with Crippen molar-refractivity contribution in [2.45, 2.75) is 82.7 Å². The lowest BCUT2D eigenvalue weighted by Crippen LogP contribution is -2.53. The molecular formula is C56H78N2O14+2. The van der Waals surface area contributed by atoms with Gasteiger partial charge in [0.15, 0.2) is 46.0 Å². The van der Waals surface area contributed by atoms with Crippen molar-refractivity contribution >= 4 is 11.9 Å². The smallest absolute Gasteiger partial charge is 0.309 e. The molecule has 0 bridgehead atoms. The molecule has 4 aromatic carbocycles. The van der Waals surface area contributed by atoms with Crippen LogP contribution in [-0.4, -0.2) is 142 Å². The number of carboxylic acids is 2. The molecule has 2 N–H and O–H groups in total. The van der Waals surface area contributed by atoms with E-state index in [4.69, 9.17) is 47.4 Å². The van der Waals surface area contributed by atoms with Gasteiger partial charge in [-0.15, -0.1) is 0 Å². The summed E-state index contributed by atoms with van der Waals surface area (Å²) in [7, 11) is 20.7. The number of carbonyl (C=O) groups is 2. The number of hydrogen-bond donors (Lipinski definition) is 2. The third kappa shape index (κ3) is 11.3. The van der Waals surface area contributed by atoms with Gasteiger partial charge in [0.25, 0.3) is 0 Å². The first-order valence-corrected chi connectivity index (χ1v) is 24.8. The van der Waals surface area contributed by atoms with Crippen LogP contribution >= 0.6 is 0 Å². The molecule has 16 nitrogen and oxygen atoms in total. The van der Waals surface area contributed by atoms with Gasteiger partial charge >= 0.3 is 11.9 Å². The fourth-order valence-corrected chi connectivity index (χ4v) is 11.7. The van der Waals surface area contributed by atoms with E-state index in [1.807, 2.05) is 24.3 Å². The normalized spacial score (nSPS) is 19.3. The van der Waals surface area contributed by atoms with E-state index in [9.17, 15) is 19.8 Å². The largest absolute Gasteiger partial charge is 0.493 e. The van der Waals surface area contributed by atoms with Crippen LogP contribution in [0.15, 0.2) is 48.5 Å². The number of ether oxygens (including phenoxy) is 10. The molecule has 4 aromatic rings. The minimum absolute atomic E-state index is 0.0483. The van der Waals surface area contributed by atoms with Gasteiger partial charge < -0.3 is 66.5 Å². The topological polar surface area (TPSA) is 167 Å². The number of nitrogens with zero attached hydrogens (tertiary/aromatic N) is 2. The molecule has 72 heavy (non-hydrogen) atoms. The second kappa shape index (κ2) is 24.0. The molecular weight excluding hydrogens is 925 g/mol. The summed E-state index contributed by atoms with van der Waals surface area (Å²) in [6, 6.07) is 15.9. The fourth-order valence-electron chi connectivity index (χ4n) is 11.7. The van der Waals surface area contributed by atoms with E-state index in [-0.39, 0.29) is 18.5 Å². The van der Waals surface area contributed by atoms with Crippen molar-refractivity contribution < 1.29 is 76.1 Å². The molecule has 0 fully saturated rings. The number of hydrogen-bond acceptors (Lipinski definition) is 12. The Morgan fingerprint density at radius 3 is 1.14 bits per heavy atom. The maximum Gasteiger partial charge on any atom is 0.309 e. The van der Waals surface area contributed by atoms with Gasteiger partial charge in [0.05, 0.1) is 117 Å². The molecule has 0 amide bonds. The van der Waals surface area contributed by atoms with Crippen LogP contribution in [0.3, 0.4) is 0 Å². The van der Waals surface area contributed by atoms with Crippen molar-refractivity contribution in [3.8, 4) is 57.5 Å². The van der Waals surface area contributed by atoms with E-state index >= 15 is 0 Å². The zero-order valence-corrected chi connectivity index (χ0v) is 44.6. The van der Waals surface area contributed by atoms with E-state index in [0.717, 1.165) is 59.3 Å². The Morgan fingerprint density at radius 1 is 0.472 bits per heavy atom. The van der Waals surface area contributed by atoms with Gasteiger partial charge in [-0.2, -0.15) is 0 Å². The quantitative estimate of drug-likeness (QED) is 0.0429. The van der Waals surface area contributed by atoms with Crippen molar-refractivity contribution in [1.29, 1.82) is 0 Å². The highest BCUT2D eigenvalue weighted by Crippen LogP contribution is 2.51. The number of unbranched alkanes of at least 4 members (excludes halogenated alkanes) is 2. The third-order valence-corrected chi connectivity index (χ3v) is 15.6. The van der Waals surface area contributed by atoms with Gasteiger partial charge in [-0.25, -0.2) is 0 Å². The van der Waals surface area contributed by atoms with Crippen LogP contribution < -0.4 is 47.4 Å². The number of benzene rings is 4. The summed E-state index contributed by atoms with van der Waals surface area (Å²) in [6.07, 6.45) is 5.86. The first-order valence-electron chi connectivity index (χ1n) is 24.8. The molecule has 0 spiro atoms. The Hall–Kier alpha value is -6.26. The van der Waals surface area contributed by atoms with Crippen LogP contribution in [0.25, 0.3) is 0 Å². The lowest BCUT2D eigenvalue weighted by molar-refractivity contribution is -0.936. The highest BCUT2D eigenvalue weighted by molar-refractivity contribution is 5.74. The zero-order valence-electron chi connectivity index (χ0n) is 44.6. The number of carboxylic acid groups (broad SMARTS) is 2. The summed E-state index contributed by atoms with van der Waals surface area (Å²) in [4.78, 5) is 25.5. The summed E-state index contributed by atoms with van der Waals surface area (Å²) in [5.74, 6) is 4.03. The van der Waals surface area contributed by atoms with Crippen LogP contribution in [0.4, 0.5) is 0 Å². The molecule has 394 valence electrons. The number of fused-ring (bicyclic) bond motifs is 2. The molecule has 0 saturated heterocycles. The van der Waals surface area contributed by atoms with Gasteiger partial charge in [0.2, 0.25) is 11.5 Å². The number of likely N-dealkylation sites (N-methyl/N-ethyl adjacent to an activating group) is 2. The van der Waals surface area contributed by atoms with Crippen LogP contribution in [0, 0.1) is 5.41 Å². The van der Waals surface area contributed by atoms with Crippen molar-refractivity contribution in [2.24, 2.45) is 5.41 Å². The number of methoxy groups -OCH3 is 10. The minimum atomic E-state index is -1.07. The van der Waals surface area contributed by atoms with Crippen molar-refractivity contribution in [3.63, 3.8) is 0 Å². The first-order chi connectivity index (χ1) is 34.6. The average Bonchev–Trinajstić information content (AvgIpc) is 3.38. The minimum Gasteiger partial charge on any atom is -0.493 e. The number of quaternary nitrogens is 2. The van der Waals surface area contributed by atoms with Gasteiger partial charge in [-0.3, -0.25) is 9.59 Å². The van der Waals surface area contributed by atoms with Crippen LogP contribution in [0.1, 0.15) is 103 Å². The molecule has 0 radical (unpaired) electrons. The standard InChI is InChI=1S/C56H76N2O14/c1-57(26-19-36-28-42(63-3)44(65-5)34-40(36)51(57)38-30-46(67-7)53(71-11)47(31-38)68-8)24-16-22-56(55(61)62,21-15-13-14-18-50(59)60)23-17-25-58(2)27-20-37-29-43(64-4)45(66-6)35-41(37)52(58)39-32-48(69-9)54(72-12)49(33-39)70-10/h28-35,51-52H,13-27H2,1-12H3/p+2/t51-,52-,57+,58+/m1/s1. The number of rotatable bonds is 27. The predicted octanol–water partition coefficient (Wildman–Crippen LogP) is 9.32. The summed E-state index contributed by atoms with van der Waals surface area (Å²) in [5.41, 5.74) is 5.29. The second-order valence-electron chi connectivity index (χ2n) is 19.6. The summed E-state index contributed by atoms with van der Waals surface area (Å²) >= 11 is 0. The third-order valence-electron chi connectivity index (χ3n) is 15.6. The lowest BCUT2D eigenvalue weighted by Gasteiger charge is -2.47. The van der Waals surface area contributed by atoms with E-state index in [2.05, 4.69) is 38.4 Å². The number of aliphatic carboxylic acids is 2. The van der Waals surface area contributed by atoms with Crippen LogP contribution in [0.5, 0.6) is 57.5 Å². The Kier molecular flexibility index (Phi) is 18.3. The Bertz CT molecular complexity index is 2330. The average molecular weight is 1000 g/mol. The predicted molar refractivity (Wildman–Crippen MR) is 273 cm³/mol. The summed E-state index contributed by atoms with van der Waals surface area (Å²) in [6.45, 7) is 2.88. The molecule has 0 saturated carbocycles. The SMILES string of the molecule is COc1cc2c(cc1OC)[C@@H](c1cc(OC)c(OC)c(OC)c1)[N@@+](C)(CCCC(CCCCCC(=O)O)(CCC[N@@+]1(C)CCc3cc(OC)c(OC)cc3[C@H]1c1cc(OC)c(OC)c(OC)c1)C(=O)O)CC2. The van der Waals surface area contributed by atoms with E-state index < -0.39 is 17.4 Å². The first kappa shape index (κ1) is 55.1.